The van der Waals surface area contributed by atoms with Crippen molar-refractivity contribution in [1.29, 1.82) is 0 Å². The summed E-state index contributed by atoms with van der Waals surface area (Å²) in [6.45, 7) is 4.65. The van der Waals surface area contributed by atoms with Crippen LogP contribution in [-0.4, -0.2) is 37.0 Å². The Kier molecular flexibility index (Phi) is 9.49. The Morgan fingerprint density at radius 1 is 1.06 bits per heavy atom. The quantitative estimate of drug-likeness (QED) is 0.461. The van der Waals surface area contributed by atoms with E-state index in [4.69, 9.17) is 4.74 Å². The number of likely N-dealkylation sites (N-methyl/N-ethyl adjacent to an activating group) is 1. The van der Waals surface area contributed by atoms with Gasteiger partial charge < -0.3 is 9.64 Å². The minimum absolute atomic E-state index is 0.0193. The van der Waals surface area contributed by atoms with Gasteiger partial charge in [0.1, 0.15) is 6.54 Å². The molecule has 0 aliphatic carbocycles. The van der Waals surface area contributed by atoms with Crippen LogP contribution in [0.5, 0.6) is 0 Å². The third-order valence-corrected chi connectivity index (χ3v) is 2.55. The molecular weight excluding hydrogens is 218 g/mol. The van der Waals surface area contributed by atoms with E-state index in [2.05, 4.69) is 6.92 Å². The first-order chi connectivity index (χ1) is 8.11. The molecule has 0 fully saturated rings. The molecule has 0 aromatic carbocycles. The zero-order valence-corrected chi connectivity index (χ0v) is 11.3. The predicted molar refractivity (Wildman–Crippen MR) is 67.6 cm³/mol. The third kappa shape index (κ3) is 8.72. The number of amides is 1. The Morgan fingerprint density at radius 2 is 1.71 bits per heavy atom. The average Bonchev–Trinajstić information content (AvgIpc) is 2.29. The lowest BCUT2D eigenvalue weighted by Crippen LogP contribution is -2.33. The van der Waals surface area contributed by atoms with Gasteiger partial charge in [0.15, 0.2) is 0 Å². The zero-order chi connectivity index (χ0) is 13.1. The van der Waals surface area contributed by atoms with Crippen LogP contribution in [0.25, 0.3) is 0 Å². The molecular formula is C13H25NO3. The first-order valence-electron chi connectivity index (χ1n) is 6.51. The number of hydrogen-bond donors (Lipinski definition) is 0. The van der Waals surface area contributed by atoms with Crippen molar-refractivity contribution in [2.24, 2.45) is 0 Å². The van der Waals surface area contributed by atoms with Crippen LogP contribution in [-0.2, 0) is 14.3 Å². The van der Waals surface area contributed by atoms with Crippen molar-refractivity contribution < 1.29 is 14.3 Å². The fourth-order valence-electron chi connectivity index (χ4n) is 1.37. The summed E-state index contributed by atoms with van der Waals surface area (Å²) >= 11 is 0. The number of rotatable bonds is 9. The second-order valence-electron chi connectivity index (χ2n) is 4.28. The molecule has 0 atom stereocenters. The second kappa shape index (κ2) is 10.1. The lowest BCUT2D eigenvalue weighted by molar-refractivity contribution is -0.148. The lowest BCUT2D eigenvalue weighted by atomic mass is 10.2. The van der Waals surface area contributed by atoms with E-state index in [1.807, 2.05) is 6.92 Å². The summed E-state index contributed by atoms with van der Waals surface area (Å²) in [5, 5.41) is 0. The molecule has 0 aliphatic rings. The Labute approximate surface area is 104 Å². The fraction of sp³-hybridized carbons (Fsp3) is 0.846. The molecule has 0 aromatic heterocycles. The average molecular weight is 243 g/mol. The van der Waals surface area contributed by atoms with Crippen LogP contribution in [0.15, 0.2) is 0 Å². The molecule has 0 N–H and O–H groups in total. The molecule has 0 saturated carbocycles. The van der Waals surface area contributed by atoms with E-state index in [0.29, 0.717) is 13.0 Å². The molecule has 4 heteroatoms. The van der Waals surface area contributed by atoms with Gasteiger partial charge in [-0.2, -0.15) is 0 Å². The molecule has 17 heavy (non-hydrogen) atoms. The smallest absolute Gasteiger partial charge is 0.325 e. The number of unbranched alkanes of at least 4 members (excludes halogenated alkanes) is 3. The van der Waals surface area contributed by atoms with Crippen molar-refractivity contribution in [2.75, 3.05) is 20.2 Å². The van der Waals surface area contributed by atoms with E-state index in [0.717, 1.165) is 32.1 Å². The van der Waals surface area contributed by atoms with Gasteiger partial charge in [-0.3, -0.25) is 9.59 Å². The lowest BCUT2D eigenvalue weighted by Gasteiger charge is -2.16. The molecule has 0 aliphatic heterocycles. The van der Waals surface area contributed by atoms with Crippen LogP contribution in [0, 0.1) is 0 Å². The van der Waals surface area contributed by atoms with Crippen LogP contribution in [0.3, 0.4) is 0 Å². The molecule has 4 nitrogen and oxygen atoms in total. The van der Waals surface area contributed by atoms with Crippen LogP contribution >= 0.6 is 0 Å². The Bertz CT molecular complexity index is 229. The van der Waals surface area contributed by atoms with E-state index < -0.39 is 0 Å². The van der Waals surface area contributed by atoms with E-state index in [9.17, 15) is 9.59 Å². The number of ether oxygens (including phenoxy) is 1. The van der Waals surface area contributed by atoms with E-state index in [1.54, 1.807) is 7.05 Å². The Hall–Kier alpha value is -1.06. The number of carbonyl (C=O) groups excluding carboxylic acids is 2. The maximum atomic E-state index is 11.6. The molecule has 0 heterocycles. The Morgan fingerprint density at radius 3 is 2.29 bits per heavy atom. The number of esters is 1. The molecule has 0 spiro atoms. The molecule has 0 aromatic rings. The number of hydrogen-bond acceptors (Lipinski definition) is 3. The highest BCUT2D eigenvalue weighted by Crippen LogP contribution is 2.02. The van der Waals surface area contributed by atoms with Crippen LogP contribution in [0.4, 0.5) is 0 Å². The van der Waals surface area contributed by atoms with Gasteiger partial charge >= 0.3 is 5.97 Å². The number of carbonyl (C=O) groups is 2. The van der Waals surface area contributed by atoms with Crippen LogP contribution in [0.1, 0.15) is 52.4 Å². The van der Waals surface area contributed by atoms with Gasteiger partial charge in [-0.15, -0.1) is 0 Å². The highest BCUT2D eigenvalue weighted by Gasteiger charge is 2.12. The molecule has 100 valence electrons. The standard InChI is InChI=1S/C13H25NO3/c1-4-6-8-9-12(15)14(3)11-13(16)17-10-7-5-2/h4-11H2,1-3H3. The van der Waals surface area contributed by atoms with Crippen molar-refractivity contribution in [3.63, 3.8) is 0 Å². The summed E-state index contributed by atoms with van der Waals surface area (Å²) in [5.41, 5.74) is 0. The van der Waals surface area contributed by atoms with Crippen LogP contribution < -0.4 is 0 Å². The summed E-state index contributed by atoms with van der Waals surface area (Å²) in [4.78, 5) is 24.4. The highest BCUT2D eigenvalue weighted by atomic mass is 16.5. The zero-order valence-electron chi connectivity index (χ0n) is 11.3. The second-order valence-corrected chi connectivity index (χ2v) is 4.28. The van der Waals surface area contributed by atoms with Crippen molar-refractivity contribution in [3.05, 3.63) is 0 Å². The van der Waals surface area contributed by atoms with Gasteiger partial charge in [0.05, 0.1) is 6.61 Å². The highest BCUT2D eigenvalue weighted by molar-refractivity contribution is 5.81. The third-order valence-electron chi connectivity index (χ3n) is 2.55. The molecule has 0 radical (unpaired) electrons. The number of nitrogens with zero attached hydrogens (tertiary/aromatic N) is 1. The summed E-state index contributed by atoms with van der Waals surface area (Å²) in [5.74, 6) is -0.296. The first kappa shape index (κ1) is 15.9. The topological polar surface area (TPSA) is 46.6 Å². The maximum absolute atomic E-state index is 11.6. The Balaban J connectivity index is 3.71. The fourth-order valence-corrected chi connectivity index (χ4v) is 1.37. The minimum atomic E-state index is -0.315. The van der Waals surface area contributed by atoms with Crippen molar-refractivity contribution in [2.45, 2.75) is 52.4 Å². The van der Waals surface area contributed by atoms with E-state index >= 15 is 0 Å². The van der Waals surface area contributed by atoms with Gasteiger partial charge in [0.2, 0.25) is 5.91 Å². The molecule has 0 unspecified atom stereocenters. The molecule has 1 amide bonds. The largest absolute Gasteiger partial charge is 0.464 e. The predicted octanol–water partition coefficient (Wildman–Crippen LogP) is 2.37. The van der Waals surface area contributed by atoms with Gasteiger partial charge in [-0.05, 0) is 12.8 Å². The van der Waals surface area contributed by atoms with Gasteiger partial charge in [-0.25, -0.2) is 0 Å². The SMILES string of the molecule is CCCCCC(=O)N(C)CC(=O)OCCCC. The maximum Gasteiger partial charge on any atom is 0.325 e. The van der Waals surface area contributed by atoms with Gasteiger partial charge in [-0.1, -0.05) is 33.1 Å². The molecule has 0 bridgehead atoms. The molecule has 0 rings (SSSR count). The van der Waals surface area contributed by atoms with Crippen molar-refractivity contribution >= 4 is 11.9 Å². The van der Waals surface area contributed by atoms with Crippen molar-refractivity contribution in [1.82, 2.24) is 4.90 Å². The molecule has 0 saturated heterocycles. The van der Waals surface area contributed by atoms with Gasteiger partial charge in [0, 0.05) is 13.5 Å². The van der Waals surface area contributed by atoms with Crippen molar-refractivity contribution in [3.8, 4) is 0 Å². The first-order valence-corrected chi connectivity index (χ1v) is 6.51. The van der Waals surface area contributed by atoms with E-state index in [-0.39, 0.29) is 18.4 Å². The minimum Gasteiger partial charge on any atom is -0.464 e. The van der Waals surface area contributed by atoms with E-state index in [1.165, 1.54) is 4.90 Å². The van der Waals surface area contributed by atoms with Crippen LogP contribution in [0.2, 0.25) is 0 Å². The summed E-state index contributed by atoms with van der Waals surface area (Å²) < 4.78 is 5.00. The summed E-state index contributed by atoms with van der Waals surface area (Å²) in [6, 6.07) is 0. The summed E-state index contributed by atoms with van der Waals surface area (Å²) in [7, 11) is 1.65. The monoisotopic (exact) mass is 243 g/mol. The van der Waals surface area contributed by atoms with Gasteiger partial charge in [0.25, 0.3) is 0 Å². The normalized spacial score (nSPS) is 10.1. The summed E-state index contributed by atoms with van der Waals surface area (Å²) in [6.07, 6.45) is 5.44.